The molecule has 2 rings (SSSR count). The molecular weight excluding hydrogens is 297 g/mol. The van der Waals surface area contributed by atoms with Crippen LogP contribution in [-0.2, 0) is 4.74 Å². The van der Waals surface area contributed by atoms with Gasteiger partial charge in [0.1, 0.15) is 5.82 Å². The van der Waals surface area contributed by atoms with Gasteiger partial charge < -0.3 is 10.1 Å². The summed E-state index contributed by atoms with van der Waals surface area (Å²) in [6.07, 6.45) is 2.33. The van der Waals surface area contributed by atoms with Crippen LogP contribution in [0.15, 0.2) is 22.7 Å². The maximum atomic E-state index is 13.8. The molecule has 1 saturated heterocycles. The van der Waals surface area contributed by atoms with E-state index in [2.05, 4.69) is 21.2 Å². The van der Waals surface area contributed by atoms with E-state index in [1.165, 1.54) is 12.5 Å². The largest absolute Gasteiger partial charge is 0.381 e. The molecule has 1 aliphatic heterocycles. The van der Waals surface area contributed by atoms with Gasteiger partial charge in [-0.15, -0.1) is 0 Å². The molecule has 0 amide bonds. The van der Waals surface area contributed by atoms with Crippen LogP contribution in [0.2, 0.25) is 0 Å². The number of rotatable bonds is 4. The SMILES string of the molecule is CC(NCC1CCCOC1)c1ccc(Br)cc1F. The van der Waals surface area contributed by atoms with Crippen molar-refractivity contribution >= 4 is 15.9 Å². The molecule has 2 atom stereocenters. The van der Waals surface area contributed by atoms with Gasteiger partial charge in [0.2, 0.25) is 0 Å². The first-order valence-electron chi connectivity index (χ1n) is 6.43. The van der Waals surface area contributed by atoms with Crippen LogP contribution in [0.5, 0.6) is 0 Å². The van der Waals surface area contributed by atoms with E-state index < -0.39 is 0 Å². The third-order valence-corrected chi connectivity index (χ3v) is 3.89. The van der Waals surface area contributed by atoms with Crippen LogP contribution < -0.4 is 5.32 Å². The van der Waals surface area contributed by atoms with E-state index in [1.807, 2.05) is 19.1 Å². The van der Waals surface area contributed by atoms with Crippen molar-refractivity contribution in [2.24, 2.45) is 5.92 Å². The molecule has 1 fully saturated rings. The van der Waals surface area contributed by atoms with Crippen molar-refractivity contribution in [1.82, 2.24) is 5.32 Å². The summed E-state index contributed by atoms with van der Waals surface area (Å²) in [7, 11) is 0. The lowest BCUT2D eigenvalue weighted by Crippen LogP contribution is -2.31. The third kappa shape index (κ3) is 3.77. The smallest absolute Gasteiger partial charge is 0.129 e. The molecule has 1 heterocycles. The Morgan fingerprint density at radius 2 is 2.39 bits per heavy atom. The predicted octanol–water partition coefficient (Wildman–Crippen LogP) is 3.67. The number of hydrogen-bond donors (Lipinski definition) is 1. The monoisotopic (exact) mass is 315 g/mol. The van der Waals surface area contributed by atoms with Crippen molar-refractivity contribution in [2.45, 2.75) is 25.8 Å². The Labute approximate surface area is 116 Å². The third-order valence-electron chi connectivity index (χ3n) is 3.40. The zero-order valence-electron chi connectivity index (χ0n) is 10.6. The predicted molar refractivity (Wildman–Crippen MR) is 74.1 cm³/mol. The van der Waals surface area contributed by atoms with Crippen molar-refractivity contribution in [3.8, 4) is 0 Å². The van der Waals surface area contributed by atoms with Gasteiger partial charge in [-0.1, -0.05) is 22.0 Å². The highest BCUT2D eigenvalue weighted by molar-refractivity contribution is 9.10. The summed E-state index contributed by atoms with van der Waals surface area (Å²) in [5, 5.41) is 3.39. The first-order chi connectivity index (χ1) is 8.66. The highest BCUT2D eigenvalue weighted by atomic mass is 79.9. The summed E-state index contributed by atoms with van der Waals surface area (Å²) in [6, 6.07) is 5.24. The minimum atomic E-state index is -0.163. The first kappa shape index (κ1) is 14.0. The van der Waals surface area contributed by atoms with Gasteiger partial charge in [-0.3, -0.25) is 0 Å². The molecule has 0 spiro atoms. The molecule has 2 unspecified atom stereocenters. The van der Waals surface area contributed by atoms with Crippen LogP contribution in [0.25, 0.3) is 0 Å². The maximum Gasteiger partial charge on any atom is 0.129 e. The average molecular weight is 316 g/mol. The van der Waals surface area contributed by atoms with E-state index in [1.54, 1.807) is 0 Å². The van der Waals surface area contributed by atoms with Gasteiger partial charge in [-0.05, 0) is 37.8 Å². The number of halogens is 2. The van der Waals surface area contributed by atoms with E-state index in [9.17, 15) is 4.39 Å². The molecule has 1 N–H and O–H groups in total. The van der Waals surface area contributed by atoms with Gasteiger partial charge in [0.15, 0.2) is 0 Å². The van der Waals surface area contributed by atoms with Gasteiger partial charge in [0.25, 0.3) is 0 Å². The van der Waals surface area contributed by atoms with Crippen LogP contribution >= 0.6 is 15.9 Å². The van der Waals surface area contributed by atoms with Crippen LogP contribution in [0.4, 0.5) is 4.39 Å². The summed E-state index contributed by atoms with van der Waals surface area (Å²) in [4.78, 5) is 0. The molecule has 0 aromatic heterocycles. The summed E-state index contributed by atoms with van der Waals surface area (Å²) in [6.45, 7) is 4.59. The average Bonchev–Trinajstić information content (AvgIpc) is 2.37. The number of benzene rings is 1. The minimum absolute atomic E-state index is 0.0278. The first-order valence-corrected chi connectivity index (χ1v) is 7.22. The number of hydrogen-bond acceptors (Lipinski definition) is 2. The Bertz CT molecular complexity index is 393. The molecule has 0 radical (unpaired) electrons. The molecule has 2 nitrogen and oxygen atoms in total. The molecule has 1 aromatic rings. The Morgan fingerprint density at radius 1 is 1.56 bits per heavy atom. The second-order valence-corrected chi connectivity index (χ2v) is 5.79. The Kier molecular flexibility index (Phi) is 5.15. The minimum Gasteiger partial charge on any atom is -0.381 e. The Balaban J connectivity index is 1.88. The van der Waals surface area contributed by atoms with Gasteiger partial charge in [-0.25, -0.2) is 4.39 Å². The molecule has 0 bridgehead atoms. The van der Waals surface area contributed by atoms with E-state index >= 15 is 0 Å². The Morgan fingerprint density at radius 3 is 3.06 bits per heavy atom. The van der Waals surface area contributed by atoms with Crippen LogP contribution in [0, 0.1) is 11.7 Å². The summed E-state index contributed by atoms with van der Waals surface area (Å²) in [5.74, 6) is 0.393. The van der Waals surface area contributed by atoms with Crippen molar-refractivity contribution in [3.63, 3.8) is 0 Å². The molecule has 18 heavy (non-hydrogen) atoms. The zero-order valence-corrected chi connectivity index (χ0v) is 12.2. The summed E-state index contributed by atoms with van der Waals surface area (Å²) in [5.41, 5.74) is 0.718. The molecule has 0 saturated carbocycles. The van der Waals surface area contributed by atoms with E-state index in [0.717, 1.165) is 36.2 Å². The van der Waals surface area contributed by atoms with Crippen molar-refractivity contribution in [1.29, 1.82) is 0 Å². The van der Waals surface area contributed by atoms with Crippen molar-refractivity contribution < 1.29 is 9.13 Å². The lowest BCUT2D eigenvalue weighted by atomic mass is 10.0. The second kappa shape index (κ2) is 6.64. The lowest BCUT2D eigenvalue weighted by Gasteiger charge is -2.24. The van der Waals surface area contributed by atoms with Crippen molar-refractivity contribution in [3.05, 3.63) is 34.1 Å². The molecule has 1 aliphatic rings. The van der Waals surface area contributed by atoms with Crippen LogP contribution in [0.1, 0.15) is 31.4 Å². The quantitative estimate of drug-likeness (QED) is 0.915. The normalized spacial score (nSPS) is 21.8. The Hall–Kier alpha value is -0.450. The topological polar surface area (TPSA) is 21.3 Å². The van der Waals surface area contributed by atoms with Crippen LogP contribution in [0.3, 0.4) is 0 Å². The molecular formula is C14H19BrFNO. The van der Waals surface area contributed by atoms with Gasteiger partial charge in [-0.2, -0.15) is 0 Å². The highest BCUT2D eigenvalue weighted by Gasteiger charge is 2.16. The van der Waals surface area contributed by atoms with Crippen LogP contribution in [-0.4, -0.2) is 19.8 Å². The van der Waals surface area contributed by atoms with E-state index in [0.29, 0.717) is 5.92 Å². The fraction of sp³-hybridized carbons (Fsp3) is 0.571. The maximum absolute atomic E-state index is 13.8. The van der Waals surface area contributed by atoms with Gasteiger partial charge in [0.05, 0.1) is 6.61 Å². The molecule has 100 valence electrons. The standard InChI is InChI=1S/C14H19BrFNO/c1-10(13-5-4-12(15)7-14(13)16)17-8-11-3-2-6-18-9-11/h4-5,7,10-11,17H,2-3,6,8-9H2,1H3. The lowest BCUT2D eigenvalue weighted by molar-refractivity contribution is 0.0539. The number of nitrogens with one attached hydrogen (secondary N) is 1. The van der Waals surface area contributed by atoms with Crippen molar-refractivity contribution in [2.75, 3.05) is 19.8 Å². The second-order valence-electron chi connectivity index (χ2n) is 4.88. The molecule has 0 aliphatic carbocycles. The fourth-order valence-electron chi connectivity index (χ4n) is 2.27. The molecule has 4 heteroatoms. The fourth-order valence-corrected chi connectivity index (χ4v) is 2.61. The van der Waals surface area contributed by atoms with E-state index in [4.69, 9.17) is 4.74 Å². The molecule has 1 aromatic carbocycles. The highest BCUT2D eigenvalue weighted by Crippen LogP contribution is 2.21. The van der Waals surface area contributed by atoms with E-state index in [-0.39, 0.29) is 11.9 Å². The van der Waals surface area contributed by atoms with Gasteiger partial charge >= 0.3 is 0 Å². The summed E-state index contributed by atoms with van der Waals surface area (Å²) >= 11 is 3.27. The summed E-state index contributed by atoms with van der Waals surface area (Å²) < 4.78 is 20.0. The number of ether oxygens (including phenoxy) is 1. The zero-order chi connectivity index (χ0) is 13.0. The van der Waals surface area contributed by atoms with Gasteiger partial charge in [0, 0.05) is 29.2 Å².